The standard InChI is InChI=1S/C19H18N2O6S3/c1-21(15-8-4-3-5-9-15)30(25,26)16-10-6-7-14(13-16)20-29(23,24)17-11-12-28-18(17)19(22)27-2/h3-13,20H,1-2H3. The molecular formula is C19H18N2O6S3. The van der Waals surface area contributed by atoms with Crippen molar-refractivity contribution < 1.29 is 26.4 Å². The number of carbonyl (C=O) groups excluding carboxylic acids is 1. The summed E-state index contributed by atoms with van der Waals surface area (Å²) in [7, 11) is -5.49. The average molecular weight is 467 g/mol. The second-order valence-corrected chi connectivity index (χ2v) is 10.6. The summed E-state index contributed by atoms with van der Waals surface area (Å²) in [5.74, 6) is -0.772. The van der Waals surface area contributed by atoms with Crippen LogP contribution in [0.15, 0.2) is 75.8 Å². The van der Waals surface area contributed by atoms with Gasteiger partial charge in [-0.05, 0) is 41.8 Å². The van der Waals surface area contributed by atoms with E-state index in [9.17, 15) is 21.6 Å². The Morgan fingerprint density at radius 3 is 2.37 bits per heavy atom. The molecule has 0 bridgehead atoms. The zero-order valence-electron chi connectivity index (χ0n) is 16.0. The van der Waals surface area contributed by atoms with Gasteiger partial charge in [-0.2, -0.15) is 0 Å². The predicted octanol–water partition coefficient (Wildman–Crippen LogP) is 3.16. The lowest BCUT2D eigenvalue weighted by atomic mass is 10.3. The average Bonchev–Trinajstić information content (AvgIpc) is 3.24. The molecule has 1 heterocycles. The summed E-state index contributed by atoms with van der Waals surface area (Å²) in [5.41, 5.74) is 0.504. The topological polar surface area (TPSA) is 110 Å². The smallest absolute Gasteiger partial charge is 0.349 e. The minimum atomic E-state index is -4.14. The molecular weight excluding hydrogens is 448 g/mol. The van der Waals surface area contributed by atoms with Crippen molar-refractivity contribution in [1.29, 1.82) is 0 Å². The number of para-hydroxylation sites is 1. The van der Waals surface area contributed by atoms with Gasteiger partial charge >= 0.3 is 5.97 Å². The minimum Gasteiger partial charge on any atom is -0.465 e. The van der Waals surface area contributed by atoms with Gasteiger partial charge in [-0.25, -0.2) is 21.6 Å². The number of nitrogens with zero attached hydrogens (tertiary/aromatic N) is 1. The molecule has 0 radical (unpaired) electrons. The number of hydrogen-bond donors (Lipinski definition) is 1. The van der Waals surface area contributed by atoms with Crippen LogP contribution in [0, 0.1) is 0 Å². The second-order valence-electron chi connectivity index (χ2n) is 6.05. The quantitative estimate of drug-likeness (QED) is 0.536. The van der Waals surface area contributed by atoms with E-state index < -0.39 is 26.0 Å². The molecule has 11 heteroatoms. The molecule has 3 rings (SSSR count). The first kappa shape index (κ1) is 21.8. The third-order valence-electron chi connectivity index (χ3n) is 4.15. The molecule has 0 saturated carbocycles. The van der Waals surface area contributed by atoms with E-state index in [0.717, 1.165) is 22.8 Å². The summed E-state index contributed by atoms with van der Waals surface area (Å²) >= 11 is 0.932. The van der Waals surface area contributed by atoms with Crippen molar-refractivity contribution in [1.82, 2.24) is 0 Å². The van der Waals surface area contributed by atoms with Crippen molar-refractivity contribution in [3.05, 3.63) is 70.9 Å². The highest BCUT2D eigenvalue weighted by Crippen LogP contribution is 2.27. The van der Waals surface area contributed by atoms with E-state index in [1.54, 1.807) is 30.3 Å². The molecule has 3 aromatic rings. The molecule has 0 saturated heterocycles. The van der Waals surface area contributed by atoms with Crippen LogP contribution >= 0.6 is 11.3 Å². The summed E-state index contributed by atoms with van der Waals surface area (Å²) in [4.78, 5) is 11.4. The Kier molecular flexibility index (Phi) is 6.15. The number of esters is 1. The molecule has 2 aromatic carbocycles. The van der Waals surface area contributed by atoms with Crippen molar-refractivity contribution >= 4 is 48.7 Å². The largest absolute Gasteiger partial charge is 0.465 e. The van der Waals surface area contributed by atoms with Crippen molar-refractivity contribution in [2.24, 2.45) is 0 Å². The van der Waals surface area contributed by atoms with Crippen LogP contribution in [0.25, 0.3) is 0 Å². The highest BCUT2D eigenvalue weighted by molar-refractivity contribution is 7.93. The first-order valence-electron chi connectivity index (χ1n) is 8.49. The normalized spacial score (nSPS) is 11.7. The molecule has 0 atom stereocenters. The Hall–Kier alpha value is -2.89. The van der Waals surface area contributed by atoms with Gasteiger partial charge in [0.05, 0.1) is 23.4 Å². The van der Waals surface area contributed by atoms with E-state index in [4.69, 9.17) is 0 Å². The first-order chi connectivity index (χ1) is 14.2. The van der Waals surface area contributed by atoms with Crippen LogP contribution in [0.4, 0.5) is 11.4 Å². The number of rotatable bonds is 7. The summed E-state index contributed by atoms with van der Waals surface area (Å²) in [6.07, 6.45) is 0. The van der Waals surface area contributed by atoms with Crippen LogP contribution in [0.2, 0.25) is 0 Å². The lowest BCUT2D eigenvalue weighted by Gasteiger charge is -2.20. The first-order valence-corrected chi connectivity index (χ1v) is 12.3. The SMILES string of the molecule is COC(=O)c1sccc1S(=O)(=O)Nc1cccc(S(=O)(=O)N(C)c2ccccc2)c1. The van der Waals surface area contributed by atoms with Gasteiger partial charge in [0.15, 0.2) is 0 Å². The van der Waals surface area contributed by atoms with Crippen molar-refractivity contribution in [2.75, 3.05) is 23.2 Å². The maximum absolute atomic E-state index is 13.0. The zero-order valence-corrected chi connectivity index (χ0v) is 18.4. The van der Waals surface area contributed by atoms with Crippen molar-refractivity contribution in [2.45, 2.75) is 9.79 Å². The Labute approximate surface area is 178 Å². The Morgan fingerprint density at radius 2 is 1.70 bits per heavy atom. The molecule has 0 aliphatic heterocycles. The lowest BCUT2D eigenvalue weighted by molar-refractivity contribution is 0.0602. The number of carbonyl (C=O) groups is 1. The van der Waals surface area contributed by atoms with Crippen LogP contribution in [0.5, 0.6) is 0 Å². The van der Waals surface area contributed by atoms with Crippen LogP contribution < -0.4 is 9.03 Å². The number of anilines is 2. The van der Waals surface area contributed by atoms with Gasteiger partial charge in [-0.1, -0.05) is 24.3 Å². The number of methoxy groups -OCH3 is 1. The predicted molar refractivity (Wildman–Crippen MR) is 115 cm³/mol. The number of benzene rings is 2. The fourth-order valence-corrected chi connectivity index (χ4v) is 6.24. The maximum Gasteiger partial charge on any atom is 0.349 e. The van der Waals surface area contributed by atoms with Crippen LogP contribution in [0.1, 0.15) is 9.67 Å². The van der Waals surface area contributed by atoms with Gasteiger partial charge in [0, 0.05) is 7.05 Å². The zero-order chi connectivity index (χ0) is 21.9. The van der Waals surface area contributed by atoms with E-state index >= 15 is 0 Å². The van der Waals surface area contributed by atoms with E-state index in [1.165, 1.54) is 42.8 Å². The molecule has 0 fully saturated rings. The molecule has 0 aliphatic carbocycles. The fraction of sp³-hybridized carbons (Fsp3) is 0.105. The van der Waals surface area contributed by atoms with Gasteiger partial charge in [0.2, 0.25) is 0 Å². The number of ether oxygens (including phenoxy) is 1. The number of thiophene rings is 1. The van der Waals surface area contributed by atoms with Crippen molar-refractivity contribution in [3.8, 4) is 0 Å². The third kappa shape index (κ3) is 4.32. The molecule has 30 heavy (non-hydrogen) atoms. The molecule has 0 aliphatic rings. The van der Waals surface area contributed by atoms with Crippen LogP contribution in [-0.2, 0) is 24.8 Å². The van der Waals surface area contributed by atoms with E-state index in [0.29, 0.717) is 5.69 Å². The van der Waals surface area contributed by atoms with Crippen LogP contribution in [0.3, 0.4) is 0 Å². The Balaban J connectivity index is 1.93. The molecule has 0 amide bonds. The third-order valence-corrected chi connectivity index (χ3v) is 8.38. The highest BCUT2D eigenvalue weighted by atomic mass is 32.2. The van der Waals surface area contributed by atoms with Gasteiger partial charge in [0.1, 0.15) is 9.77 Å². The number of hydrogen-bond acceptors (Lipinski definition) is 7. The summed E-state index contributed by atoms with van der Waals surface area (Å²) in [6.45, 7) is 0. The van der Waals surface area contributed by atoms with Gasteiger partial charge in [0.25, 0.3) is 20.0 Å². The van der Waals surface area contributed by atoms with Gasteiger partial charge < -0.3 is 4.74 Å². The van der Waals surface area contributed by atoms with E-state index in [-0.39, 0.29) is 20.4 Å². The molecule has 0 unspecified atom stereocenters. The maximum atomic E-state index is 13.0. The Bertz CT molecular complexity index is 1270. The second kappa shape index (κ2) is 8.46. The Morgan fingerprint density at radius 1 is 1.00 bits per heavy atom. The lowest BCUT2D eigenvalue weighted by Crippen LogP contribution is -2.26. The number of nitrogens with one attached hydrogen (secondary N) is 1. The van der Waals surface area contributed by atoms with Gasteiger partial charge in [-0.3, -0.25) is 9.03 Å². The van der Waals surface area contributed by atoms with Crippen LogP contribution in [-0.4, -0.2) is 37.0 Å². The summed E-state index contributed by atoms with van der Waals surface area (Å²) in [5, 5.41) is 1.45. The van der Waals surface area contributed by atoms with E-state index in [2.05, 4.69) is 9.46 Å². The number of sulfonamides is 2. The highest BCUT2D eigenvalue weighted by Gasteiger charge is 2.26. The van der Waals surface area contributed by atoms with Crippen molar-refractivity contribution in [3.63, 3.8) is 0 Å². The summed E-state index contributed by atoms with van der Waals surface area (Å²) in [6, 6.07) is 15.2. The van der Waals surface area contributed by atoms with E-state index in [1.807, 2.05) is 0 Å². The van der Waals surface area contributed by atoms with Gasteiger partial charge in [-0.15, -0.1) is 11.3 Å². The molecule has 158 valence electrons. The monoisotopic (exact) mass is 466 g/mol. The molecule has 8 nitrogen and oxygen atoms in total. The molecule has 0 spiro atoms. The molecule has 1 N–H and O–H groups in total. The fourth-order valence-electron chi connectivity index (χ4n) is 2.62. The summed E-state index contributed by atoms with van der Waals surface area (Å²) < 4.78 is 59.4. The molecule has 1 aromatic heterocycles. The minimum absolute atomic E-state index is 0.0413.